The van der Waals surface area contributed by atoms with Crippen molar-refractivity contribution in [3.05, 3.63) is 35.4 Å². The van der Waals surface area contributed by atoms with Gasteiger partial charge in [-0.25, -0.2) is 0 Å². The average molecular weight is 259 g/mol. The highest BCUT2D eigenvalue weighted by Crippen LogP contribution is 2.49. The third-order valence-corrected chi connectivity index (χ3v) is 4.41. The molecule has 0 radical (unpaired) electrons. The van der Waals surface area contributed by atoms with Gasteiger partial charge in [-0.05, 0) is 35.8 Å². The van der Waals surface area contributed by atoms with Crippen LogP contribution in [0.15, 0.2) is 29.4 Å². The second kappa shape index (κ2) is 4.85. The van der Waals surface area contributed by atoms with Gasteiger partial charge in [-0.2, -0.15) is 0 Å². The third-order valence-electron chi connectivity index (χ3n) is 4.41. The minimum atomic E-state index is 0.266. The Morgan fingerprint density at radius 1 is 1.32 bits per heavy atom. The van der Waals surface area contributed by atoms with Gasteiger partial charge in [0.1, 0.15) is 5.84 Å². The van der Waals surface area contributed by atoms with Crippen molar-refractivity contribution in [2.24, 2.45) is 16.3 Å². The molecule has 1 saturated carbocycles. The smallest absolute Gasteiger partial charge is 0.139 e. The van der Waals surface area contributed by atoms with Crippen LogP contribution in [0, 0.1) is 5.41 Å². The molecule has 1 aliphatic heterocycles. The van der Waals surface area contributed by atoms with Crippen LogP contribution in [0.1, 0.15) is 30.4 Å². The molecule has 3 rings (SSSR count). The zero-order chi connectivity index (χ0) is 13.3. The minimum Gasteiger partial charge on any atom is -0.409 e. The van der Waals surface area contributed by atoms with E-state index in [9.17, 15) is 0 Å². The number of nitrogens with zero attached hydrogens (tertiary/aromatic N) is 2. The first-order valence-electron chi connectivity index (χ1n) is 6.96. The van der Waals surface area contributed by atoms with Crippen LogP contribution in [0.25, 0.3) is 0 Å². The quantitative estimate of drug-likeness (QED) is 0.376. The molecule has 1 fully saturated rings. The first kappa shape index (κ1) is 12.5. The summed E-state index contributed by atoms with van der Waals surface area (Å²) in [5.74, 6) is 0.370. The predicted octanol–water partition coefficient (Wildman–Crippen LogP) is 1.96. The lowest BCUT2D eigenvalue weighted by atomic mass is 9.96. The van der Waals surface area contributed by atoms with Gasteiger partial charge >= 0.3 is 0 Å². The molecule has 1 aliphatic carbocycles. The van der Waals surface area contributed by atoms with E-state index in [0.29, 0.717) is 5.84 Å². The summed E-state index contributed by atoms with van der Waals surface area (Å²) in [5.41, 5.74) is 8.87. The van der Waals surface area contributed by atoms with Crippen LogP contribution in [0.4, 0.5) is 0 Å². The van der Waals surface area contributed by atoms with Gasteiger partial charge in [0.25, 0.3) is 0 Å². The van der Waals surface area contributed by atoms with Gasteiger partial charge in [0, 0.05) is 26.1 Å². The molecule has 1 heterocycles. The van der Waals surface area contributed by atoms with Crippen LogP contribution in [0.2, 0.25) is 0 Å². The average Bonchev–Trinajstić information content (AvgIpc) is 3.18. The molecular weight excluding hydrogens is 238 g/mol. The molecule has 0 spiro atoms. The van der Waals surface area contributed by atoms with Crippen LogP contribution in [-0.2, 0) is 13.0 Å². The molecule has 4 nitrogen and oxygen atoms in total. The van der Waals surface area contributed by atoms with Crippen molar-refractivity contribution in [1.82, 2.24) is 4.90 Å². The third kappa shape index (κ3) is 2.73. The maximum absolute atomic E-state index is 8.71. The monoisotopic (exact) mass is 259 g/mol. The summed E-state index contributed by atoms with van der Waals surface area (Å²) in [6.45, 7) is 3.22. The summed E-state index contributed by atoms with van der Waals surface area (Å²) in [4.78, 5) is 2.51. The van der Waals surface area contributed by atoms with Crippen molar-refractivity contribution < 1.29 is 5.21 Å². The Balaban J connectivity index is 1.63. The highest BCUT2D eigenvalue weighted by molar-refractivity contribution is 5.80. The second-order valence-corrected chi connectivity index (χ2v) is 6.00. The van der Waals surface area contributed by atoms with Gasteiger partial charge < -0.3 is 10.9 Å². The molecule has 1 aromatic carbocycles. The number of rotatable bonds is 4. The van der Waals surface area contributed by atoms with Crippen LogP contribution < -0.4 is 5.73 Å². The lowest BCUT2D eigenvalue weighted by molar-refractivity contribution is 0.204. The van der Waals surface area contributed by atoms with Gasteiger partial charge in [0.15, 0.2) is 0 Å². The molecule has 1 aromatic rings. The summed E-state index contributed by atoms with van der Waals surface area (Å²) in [6.07, 6.45) is 4.25. The van der Waals surface area contributed by atoms with Crippen LogP contribution >= 0.6 is 0 Å². The van der Waals surface area contributed by atoms with Crippen molar-refractivity contribution in [2.75, 3.05) is 13.1 Å². The molecular formula is C15H21N3O. The molecule has 0 unspecified atom stereocenters. The van der Waals surface area contributed by atoms with Gasteiger partial charge in [0.05, 0.1) is 0 Å². The maximum Gasteiger partial charge on any atom is 0.139 e. The zero-order valence-corrected chi connectivity index (χ0v) is 11.2. The Labute approximate surface area is 113 Å². The van der Waals surface area contributed by atoms with E-state index < -0.39 is 0 Å². The van der Waals surface area contributed by atoms with Crippen molar-refractivity contribution in [3.8, 4) is 0 Å². The van der Waals surface area contributed by atoms with E-state index >= 15 is 0 Å². The van der Waals surface area contributed by atoms with Crippen molar-refractivity contribution in [2.45, 2.75) is 32.2 Å². The fraction of sp³-hybridized carbons (Fsp3) is 0.533. The zero-order valence-electron chi connectivity index (χ0n) is 11.2. The van der Waals surface area contributed by atoms with Crippen LogP contribution in [-0.4, -0.2) is 29.0 Å². The molecule has 0 saturated heterocycles. The molecule has 0 atom stereocenters. The van der Waals surface area contributed by atoms with Crippen LogP contribution in [0.5, 0.6) is 0 Å². The minimum absolute atomic E-state index is 0.266. The van der Waals surface area contributed by atoms with Crippen molar-refractivity contribution in [3.63, 3.8) is 0 Å². The Morgan fingerprint density at radius 2 is 2.05 bits per heavy atom. The fourth-order valence-corrected chi connectivity index (χ4v) is 3.15. The predicted molar refractivity (Wildman–Crippen MR) is 75.1 cm³/mol. The number of fused-ring (bicyclic) bond motifs is 1. The van der Waals surface area contributed by atoms with E-state index in [1.54, 1.807) is 0 Å². The standard InChI is InChI=1S/C15H21N3O/c16-14(17-19)9-15(6-7-15)11-18-8-5-12-3-1-2-4-13(12)10-18/h1-4,19H,5-11H2,(H2,16,17). The Bertz CT molecular complexity index is 494. The lowest BCUT2D eigenvalue weighted by Gasteiger charge is -2.32. The summed E-state index contributed by atoms with van der Waals surface area (Å²) in [7, 11) is 0. The number of oxime groups is 1. The van der Waals surface area contributed by atoms with Gasteiger partial charge in [0.2, 0.25) is 0 Å². The summed E-state index contributed by atoms with van der Waals surface area (Å²) >= 11 is 0. The van der Waals surface area contributed by atoms with Gasteiger partial charge in [-0.15, -0.1) is 0 Å². The molecule has 102 valence electrons. The topological polar surface area (TPSA) is 61.8 Å². The van der Waals surface area contributed by atoms with E-state index in [4.69, 9.17) is 10.9 Å². The Kier molecular flexibility index (Phi) is 3.19. The normalized spacial score (nSPS) is 22.0. The molecule has 0 amide bonds. The van der Waals surface area contributed by atoms with E-state index in [-0.39, 0.29) is 5.41 Å². The molecule has 2 aliphatic rings. The molecule has 4 heteroatoms. The second-order valence-electron chi connectivity index (χ2n) is 6.00. The Morgan fingerprint density at radius 3 is 2.74 bits per heavy atom. The van der Waals surface area contributed by atoms with Crippen molar-refractivity contribution >= 4 is 5.84 Å². The number of benzene rings is 1. The molecule has 19 heavy (non-hydrogen) atoms. The summed E-state index contributed by atoms with van der Waals surface area (Å²) < 4.78 is 0. The maximum atomic E-state index is 8.71. The Hall–Kier alpha value is -1.55. The van der Waals surface area contributed by atoms with E-state index in [1.165, 1.54) is 24.0 Å². The lowest BCUT2D eigenvalue weighted by Crippen LogP contribution is -2.36. The molecule has 0 aromatic heterocycles. The van der Waals surface area contributed by atoms with E-state index in [0.717, 1.165) is 32.5 Å². The highest BCUT2D eigenvalue weighted by atomic mass is 16.4. The molecule has 3 N–H and O–H groups in total. The largest absolute Gasteiger partial charge is 0.409 e. The highest BCUT2D eigenvalue weighted by Gasteiger charge is 2.44. The first-order valence-corrected chi connectivity index (χ1v) is 6.96. The number of amidine groups is 1. The SMILES string of the molecule is NC(CC1(CN2CCc3ccccc3C2)CC1)=NO. The molecule has 0 bridgehead atoms. The first-order chi connectivity index (χ1) is 9.21. The van der Waals surface area contributed by atoms with Crippen LogP contribution in [0.3, 0.4) is 0 Å². The number of hydrogen-bond donors (Lipinski definition) is 2. The van der Waals surface area contributed by atoms with E-state index in [1.807, 2.05) is 0 Å². The van der Waals surface area contributed by atoms with E-state index in [2.05, 4.69) is 34.3 Å². The summed E-state index contributed by atoms with van der Waals surface area (Å²) in [6, 6.07) is 8.70. The summed E-state index contributed by atoms with van der Waals surface area (Å²) in [5, 5.41) is 11.8. The van der Waals surface area contributed by atoms with Crippen molar-refractivity contribution in [1.29, 1.82) is 0 Å². The van der Waals surface area contributed by atoms with Gasteiger partial charge in [-0.3, -0.25) is 4.90 Å². The number of hydrogen-bond acceptors (Lipinski definition) is 3. The fourth-order valence-electron chi connectivity index (χ4n) is 3.15. The number of nitrogens with two attached hydrogens (primary N) is 1. The van der Waals surface area contributed by atoms with Gasteiger partial charge in [-0.1, -0.05) is 29.4 Å².